The molecular formula is C16H16N2O4S. The lowest BCUT2D eigenvalue weighted by atomic mass is 10.2. The van der Waals surface area contributed by atoms with Crippen molar-refractivity contribution in [1.29, 1.82) is 0 Å². The van der Waals surface area contributed by atoms with Crippen LogP contribution in [0.4, 0.5) is 5.69 Å². The summed E-state index contributed by atoms with van der Waals surface area (Å²) in [6, 6.07) is 8.54. The number of nitrogens with zero attached hydrogens (tertiary/aromatic N) is 1. The molecule has 0 saturated heterocycles. The first-order valence-corrected chi connectivity index (χ1v) is 7.32. The topological polar surface area (TPSA) is 84.1 Å². The molecule has 0 fully saturated rings. The number of benzene rings is 1. The van der Waals surface area contributed by atoms with Gasteiger partial charge in [-0.3, -0.25) is 0 Å². The Hall–Kier alpha value is -2.67. The van der Waals surface area contributed by atoms with Gasteiger partial charge in [0.25, 0.3) is 0 Å². The number of nitrogens with one attached hydrogen (secondary N) is 1. The van der Waals surface area contributed by atoms with Crippen LogP contribution in [0.5, 0.6) is 11.5 Å². The third-order valence-electron chi connectivity index (χ3n) is 2.82. The Morgan fingerprint density at radius 3 is 2.74 bits per heavy atom. The third kappa shape index (κ3) is 4.65. The number of aromatic hydroxyl groups is 1. The number of thiocarbonyl (C=S) groups is 1. The summed E-state index contributed by atoms with van der Waals surface area (Å²) in [5.74, 6) is 0.876. The molecule has 0 saturated carbocycles. The van der Waals surface area contributed by atoms with Gasteiger partial charge in [-0.1, -0.05) is 0 Å². The summed E-state index contributed by atoms with van der Waals surface area (Å²) in [5.41, 5.74) is 0.0114. The molecule has 0 unspecified atom stereocenters. The number of hydrogen-bond acceptors (Lipinski definition) is 5. The van der Waals surface area contributed by atoms with Gasteiger partial charge < -0.3 is 19.6 Å². The Bertz CT molecular complexity index is 782. The smallest absolute Gasteiger partial charge is 0.348 e. The van der Waals surface area contributed by atoms with Crippen LogP contribution in [0.1, 0.15) is 18.2 Å². The van der Waals surface area contributed by atoms with E-state index >= 15 is 0 Å². The number of aliphatic imine (C=N–C) groups is 1. The first-order chi connectivity index (χ1) is 11.0. The first-order valence-electron chi connectivity index (χ1n) is 6.91. The Morgan fingerprint density at radius 2 is 2.13 bits per heavy atom. The summed E-state index contributed by atoms with van der Waals surface area (Å²) in [6.07, 6.45) is 1.17. The maximum Gasteiger partial charge on any atom is 0.348 e. The van der Waals surface area contributed by atoms with E-state index < -0.39 is 5.63 Å². The molecule has 120 valence electrons. The van der Waals surface area contributed by atoms with Crippen molar-refractivity contribution < 1.29 is 14.3 Å². The van der Waals surface area contributed by atoms with Crippen LogP contribution in [-0.2, 0) is 0 Å². The summed E-state index contributed by atoms with van der Waals surface area (Å²) in [4.78, 5) is 15.6. The highest BCUT2D eigenvalue weighted by atomic mass is 32.1. The molecule has 0 atom stereocenters. The minimum absolute atomic E-state index is 0.0496. The molecule has 2 aromatic rings. The van der Waals surface area contributed by atoms with Crippen molar-refractivity contribution in [2.75, 3.05) is 11.9 Å². The standard InChI is InChI=1S/C16H16N2O4S/c1-3-21-12-6-4-11(5-7-12)18-16(23)17-9-13-14(19)8-10(2)22-15(13)20/h4-9,19H,3H2,1-2H3,(H,18,23)/b17-9+. The summed E-state index contributed by atoms with van der Waals surface area (Å²) < 4.78 is 10.2. The van der Waals surface area contributed by atoms with Gasteiger partial charge in [0.2, 0.25) is 0 Å². The fourth-order valence-corrected chi connectivity index (χ4v) is 1.97. The molecule has 7 heteroatoms. The summed E-state index contributed by atoms with van der Waals surface area (Å²) >= 11 is 5.08. The molecule has 0 amide bonds. The van der Waals surface area contributed by atoms with Crippen LogP contribution in [0, 0.1) is 6.92 Å². The highest BCUT2D eigenvalue weighted by Gasteiger charge is 2.07. The highest BCUT2D eigenvalue weighted by molar-refractivity contribution is 7.80. The molecule has 1 aromatic heterocycles. The lowest BCUT2D eigenvalue weighted by molar-refractivity contribution is 0.340. The molecular weight excluding hydrogens is 316 g/mol. The van der Waals surface area contributed by atoms with Crippen LogP contribution in [0.25, 0.3) is 0 Å². The normalized spacial score (nSPS) is 10.7. The van der Waals surface area contributed by atoms with Crippen molar-refractivity contribution in [2.24, 2.45) is 4.99 Å². The second kappa shape index (κ2) is 7.55. The summed E-state index contributed by atoms with van der Waals surface area (Å²) in [7, 11) is 0. The van der Waals surface area contributed by atoms with E-state index in [-0.39, 0.29) is 16.4 Å². The van der Waals surface area contributed by atoms with E-state index in [2.05, 4.69) is 10.3 Å². The van der Waals surface area contributed by atoms with Crippen LogP contribution in [0.15, 0.2) is 44.5 Å². The second-order valence-corrected chi connectivity index (χ2v) is 4.98. The fraction of sp³-hybridized carbons (Fsp3) is 0.188. The Balaban J connectivity index is 2.06. The number of aryl methyl sites for hydroxylation is 1. The summed E-state index contributed by atoms with van der Waals surface area (Å²) in [5, 5.41) is 12.8. The van der Waals surface area contributed by atoms with Gasteiger partial charge in [0.1, 0.15) is 22.8 Å². The monoisotopic (exact) mass is 332 g/mol. The number of ether oxygens (including phenoxy) is 1. The van der Waals surface area contributed by atoms with E-state index in [1.807, 2.05) is 6.92 Å². The van der Waals surface area contributed by atoms with E-state index in [0.29, 0.717) is 12.4 Å². The fourth-order valence-electron chi connectivity index (χ4n) is 1.80. The molecule has 2 N–H and O–H groups in total. The minimum Gasteiger partial charge on any atom is -0.507 e. The molecule has 0 aliphatic rings. The van der Waals surface area contributed by atoms with Crippen molar-refractivity contribution in [3.8, 4) is 11.5 Å². The quantitative estimate of drug-likeness (QED) is 0.661. The zero-order valence-electron chi connectivity index (χ0n) is 12.7. The molecule has 0 aliphatic carbocycles. The molecule has 1 heterocycles. The highest BCUT2D eigenvalue weighted by Crippen LogP contribution is 2.16. The Morgan fingerprint density at radius 1 is 1.43 bits per heavy atom. The lowest BCUT2D eigenvalue weighted by Crippen LogP contribution is -2.10. The van der Waals surface area contributed by atoms with E-state index in [1.165, 1.54) is 12.3 Å². The summed E-state index contributed by atoms with van der Waals surface area (Å²) in [6.45, 7) is 4.07. The van der Waals surface area contributed by atoms with Crippen LogP contribution in [0.3, 0.4) is 0 Å². The van der Waals surface area contributed by atoms with Gasteiger partial charge in [0, 0.05) is 18.0 Å². The molecule has 1 aromatic carbocycles. The van der Waals surface area contributed by atoms with Crippen molar-refractivity contribution in [1.82, 2.24) is 0 Å². The Labute approximate surface area is 138 Å². The predicted octanol–water partition coefficient (Wildman–Crippen LogP) is 2.87. The SMILES string of the molecule is CCOc1ccc(NC(=S)/N=C/c2c(O)cc(C)oc2=O)cc1. The van der Waals surface area contributed by atoms with Gasteiger partial charge in [-0.05, 0) is 50.3 Å². The molecule has 6 nitrogen and oxygen atoms in total. The van der Waals surface area contributed by atoms with Crippen LogP contribution in [0.2, 0.25) is 0 Å². The molecule has 0 bridgehead atoms. The maximum absolute atomic E-state index is 11.6. The average Bonchev–Trinajstić information content (AvgIpc) is 2.48. The molecule has 23 heavy (non-hydrogen) atoms. The lowest BCUT2D eigenvalue weighted by Gasteiger charge is -2.06. The molecule has 0 radical (unpaired) electrons. The van der Waals surface area contributed by atoms with E-state index in [0.717, 1.165) is 11.4 Å². The van der Waals surface area contributed by atoms with Gasteiger partial charge >= 0.3 is 5.63 Å². The van der Waals surface area contributed by atoms with E-state index in [1.54, 1.807) is 31.2 Å². The zero-order chi connectivity index (χ0) is 16.8. The minimum atomic E-state index is -0.671. The Kier molecular flexibility index (Phi) is 5.48. The maximum atomic E-state index is 11.6. The van der Waals surface area contributed by atoms with E-state index in [4.69, 9.17) is 21.4 Å². The van der Waals surface area contributed by atoms with Gasteiger partial charge in [-0.15, -0.1) is 0 Å². The van der Waals surface area contributed by atoms with Crippen LogP contribution in [-0.4, -0.2) is 23.0 Å². The third-order valence-corrected chi connectivity index (χ3v) is 3.02. The number of anilines is 1. The van der Waals surface area contributed by atoms with Crippen LogP contribution >= 0.6 is 12.2 Å². The van der Waals surface area contributed by atoms with Crippen LogP contribution < -0.4 is 15.7 Å². The van der Waals surface area contributed by atoms with Crippen molar-refractivity contribution in [2.45, 2.75) is 13.8 Å². The number of hydrogen-bond donors (Lipinski definition) is 2. The second-order valence-electron chi connectivity index (χ2n) is 4.59. The van der Waals surface area contributed by atoms with Crippen molar-refractivity contribution in [3.63, 3.8) is 0 Å². The number of rotatable bonds is 4. The zero-order valence-corrected chi connectivity index (χ0v) is 13.5. The van der Waals surface area contributed by atoms with Gasteiger partial charge in [-0.2, -0.15) is 0 Å². The average molecular weight is 332 g/mol. The van der Waals surface area contributed by atoms with Gasteiger partial charge in [0.05, 0.1) is 6.61 Å². The predicted molar refractivity (Wildman–Crippen MR) is 92.8 cm³/mol. The van der Waals surface area contributed by atoms with Gasteiger partial charge in [0.15, 0.2) is 5.11 Å². The van der Waals surface area contributed by atoms with Gasteiger partial charge in [-0.25, -0.2) is 9.79 Å². The van der Waals surface area contributed by atoms with Crippen molar-refractivity contribution in [3.05, 3.63) is 52.1 Å². The van der Waals surface area contributed by atoms with Crippen molar-refractivity contribution >= 4 is 29.2 Å². The molecule has 0 aliphatic heterocycles. The largest absolute Gasteiger partial charge is 0.507 e. The van der Waals surface area contributed by atoms with E-state index in [9.17, 15) is 9.90 Å². The molecule has 2 rings (SSSR count). The molecule has 0 spiro atoms. The first kappa shape index (κ1) is 16.7.